The number of piperidine rings is 1. The second kappa shape index (κ2) is 12.5. The molecule has 2 amide bonds. The number of hydrogen-bond acceptors (Lipinski definition) is 6. The molecule has 1 saturated heterocycles. The van der Waals surface area contributed by atoms with E-state index in [4.69, 9.17) is 10.7 Å². The van der Waals surface area contributed by atoms with Crippen molar-refractivity contribution in [2.45, 2.75) is 38.4 Å². The van der Waals surface area contributed by atoms with E-state index < -0.39 is 12.1 Å². The van der Waals surface area contributed by atoms with Crippen LogP contribution in [0.5, 0.6) is 0 Å². The lowest BCUT2D eigenvalue weighted by Gasteiger charge is -2.24. The quantitative estimate of drug-likeness (QED) is 0.148. The first-order valence-corrected chi connectivity index (χ1v) is 14.1. The molecule has 1 aliphatic heterocycles. The zero-order chi connectivity index (χ0) is 28.1. The molecular weight excluding hydrogens is 527 g/mol. The molecule has 1 fully saturated rings. The third kappa shape index (κ3) is 6.41. The lowest BCUT2D eigenvalue weighted by atomic mass is 10.1. The second-order valence-corrected chi connectivity index (χ2v) is 11.0. The van der Waals surface area contributed by atoms with Crippen LogP contribution in [0.2, 0.25) is 0 Å². The van der Waals surface area contributed by atoms with Gasteiger partial charge in [-0.1, -0.05) is 42.5 Å². The number of rotatable bonds is 6. The fourth-order valence-electron chi connectivity index (χ4n) is 4.79. The number of fused-ring (bicyclic) bond motifs is 2. The maximum Gasteiger partial charge on any atom is 0.339 e. The third-order valence-corrected chi connectivity index (χ3v) is 8.32. The highest BCUT2D eigenvalue weighted by atomic mass is 32.1. The van der Waals surface area contributed by atoms with Crippen molar-refractivity contribution in [3.63, 3.8) is 0 Å². The van der Waals surface area contributed by atoms with Crippen molar-refractivity contribution in [2.24, 2.45) is 5.73 Å². The Morgan fingerprint density at radius 2 is 1.85 bits per heavy atom. The van der Waals surface area contributed by atoms with Gasteiger partial charge in [0.15, 0.2) is 0 Å². The number of anilines is 1. The van der Waals surface area contributed by atoms with Crippen LogP contribution in [0.15, 0.2) is 78.9 Å². The number of halogens is 1. The average Bonchev–Trinajstić information content (AvgIpc) is 3.56. The molecule has 5 aromatic rings. The predicted octanol–water partition coefficient (Wildman–Crippen LogP) is 6.12. The van der Waals surface area contributed by atoms with Gasteiger partial charge in [-0.05, 0) is 80.2 Å². The van der Waals surface area contributed by atoms with E-state index in [0.29, 0.717) is 17.6 Å². The molecular formula is C30H33FN6O2S. The van der Waals surface area contributed by atoms with Gasteiger partial charge in [0, 0.05) is 15.6 Å². The van der Waals surface area contributed by atoms with Crippen LogP contribution < -0.4 is 16.4 Å². The van der Waals surface area contributed by atoms with Crippen LogP contribution in [-0.2, 0) is 6.54 Å². The van der Waals surface area contributed by atoms with Crippen molar-refractivity contribution in [3.8, 4) is 0 Å². The van der Waals surface area contributed by atoms with Gasteiger partial charge in [0.2, 0.25) is 5.95 Å². The summed E-state index contributed by atoms with van der Waals surface area (Å²) >= 11 is 1.54. The number of carbonyl (C=O) groups excluding carboxylic acids is 1. The first-order valence-electron chi connectivity index (χ1n) is 13.3. The molecule has 10 heteroatoms. The zero-order valence-electron chi connectivity index (χ0n) is 22.3. The highest BCUT2D eigenvalue weighted by Crippen LogP contribution is 2.31. The highest BCUT2D eigenvalue weighted by Gasteiger charge is 2.19. The number of hydrogen-bond donors (Lipinski definition) is 4. The van der Waals surface area contributed by atoms with E-state index in [1.165, 1.54) is 12.1 Å². The van der Waals surface area contributed by atoms with Crippen LogP contribution in [0.4, 0.5) is 15.1 Å². The molecule has 3 aromatic carbocycles. The number of amides is 2. The lowest BCUT2D eigenvalue weighted by molar-refractivity contribution is -0.0700. The van der Waals surface area contributed by atoms with Gasteiger partial charge >= 0.3 is 6.03 Å². The van der Waals surface area contributed by atoms with Crippen molar-refractivity contribution in [3.05, 3.63) is 95.1 Å². The monoisotopic (exact) mass is 560 g/mol. The fourth-order valence-corrected chi connectivity index (χ4v) is 5.89. The smallest absolute Gasteiger partial charge is 0.339 e. The largest absolute Gasteiger partial charge is 0.353 e. The summed E-state index contributed by atoms with van der Waals surface area (Å²) in [7, 11) is 0. The van der Waals surface area contributed by atoms with Gasteiger partial charge in [-0.25, -0.2) is 14.2 Å². The number of hydroxylamine groups is 2. The molecule has 208 valence electrons. The van der Waals surface area contributed by atoms with E-state index in [-0.39, 0.29) is 5.82 Å². The number of nitrogens with zero attached hydrogens (tertiary/aromatic N) is 3. The summed E-state index contributed by atoms with van der Waals surface area (Å²) in [5.74, 6) is 0.690. The molecule has 1 atom stereocenters. The van der Waals surface area contributed by atoms with Crippen LogP contribution in [0.25, 0.3) is 21.1 Å². The molecule has 40 heavy (non-hydrogen) atoms. The molecule has 0 aliphatic carbocycles. The number of thiophene rings is 1. The van der Waals surface area contributed by atoms with Crippen LogP contribution >= 0.6 is 11.3 Å². The van der Waals surface area contributed by atoms with Crippen molar-refractivity contribution in [2.75, 3.05) is 18.4 Å². The van der Waals surface area contributed by atoms with Crippen LogP contribution in [-0.4, -0.2) is 45.0 Å². The van der Waals surface area contributed by atoms with Gasteiger partial charge in [0.25, 0.3) is 0 Å². The van der Waals surface area contributed by atoms with E-state index in [1.54, 1.807) is 18.3 Å². The second-order valence-electron chi connectivity index (χ2n) is 9.85. The number of carbonyl (C=O) groups is 1. The van der Waals surface area contributed by atoms with Crippen LogP contribution in [0.1, 0.15) is 36.2 Å². The predicted molar refractivity (Wildman–Crippen MR) is 158 cm³/mol. The summed E-state index contributed by atoms with van der Waals surface area (Å²) in [6, 6.07) is 23.9. The summed E-state index contributed by atoms with van der Waals surface area (Å²) in [5.41, 5.74) is 8.15. The molecule has 6 rings (SSSR count). The molecule has 1 aliphatic rings. The fraction of sp³-hybridized carbons (Fsp3) is 0.267. The maximum atomic E-state index is 13.2. The Morgan fingerprint density at radius 3 is 2.58 bits per heavy atom. The molecule has 0 saturated carbocycles. The molecule has 1 unspecified atom stereocenters. The number of imidazole rings is 1. The van der Waals surface area contributed by atoms with Gasteiger partial charge in [-0.15, -0.1) is 11.3 Å². The number of nitrogens with one attached hydrogen (secondary N) is 2. The van der Waals surface area contributed by atoms with Crippen molar-refractivity contribution < 1.29 is 14.4 Å². The Morgan fingerprint density at radius 1 is 1.15 bits per heavy atom. The molecule has 5 N–H and O–H groups in total. The topological polar surface area (TPSA) is 108 Å². The Balaban J connectivity index is 0.000000176. The van der Waals surface area contributed by atoms with Gasteiger partial charge < -0.3 is 20.9 Å². The normalized spacial score (nSPS) is 14.5. The minimum atomic E-state index is -0.843. The van der Waals surface area contributed by atoms with E-state index in [2.05, 4.69) is 21.3 Å². The standard InChI is InChI=1S/C19H21FN4.C11H12N2O2S/c20-15-7-5-14(6-8-15)13-24-18-4-2-1-3-17(18)23-19(24)22-16-9-11-21-12-10-16;1-7(13(15)11(12)14)10-6-8-4-2-3-5-9(8)16-10/h1-8,16,21H,9-13H2,(H,22,23);2-7,15H,1H3,(H2,12,14). The molecule has 0 spiro atoms. The Bertz CT molecular complexity index is 1550. The Hall–Kier alpha value is -3.99. The SMILES string of the molecule is CC(c1cc2ccccc2s1)N(O)C(N)=O.Fc1ccc(Cn2c(NC3CCNCC3)nc3ccccc32)cc1. The molecule has 3 heterocycles. The number of para-hydroxylation sites is 2. The Kier molecular flexibility index (Phi) is 8.59. The van der Waals surface area contributed by atoms with Crippen LogP contribution in [0.3, 0.4) is 0 Å². The number of nitrogens with two attached hydrogens (primary N) is 1. The Labute approximate surface area is 236 Å². The third-order valence-electron chi connectivity index (χ3n) is 7.03. The molecule has 2 aromatic heterocycles. The van der Waals surface area contributed by atoms with Crippen molar-refractivity contribution >= 4 is 44.4 Å². The van der Waals surface area contributed by atoms with Crippen LogP contribution in [0, 0.1) is 5.82 Å². The van der Waals surface area contributed by atoms with Gasteiger partial charge in [0.05, 0.1) is 23.6 Å². The summed E-state index contributed by atoms with van der Waals surface area (Å²) in [5, 5.41) is 18.1. The average molecular weight is 561 g/mol. The van der Waals surface area contributed by atoms with Crippen molar-refractivity contribution in [1.29, 1.82) is 0 Å². The van der Waals surface area contributed by atoms with Gasteiger partial charge in [-0.3, -0.25) is 5.21 Å². The highest BCUT2D eigenvalue weighted by molar-refractivity contribution is 7.19. The number of benzene rings is 3. The molecule has 0 bridgehead atoms. The maximum absolute atomic E-state index is 13.2. The number of aromatic nitrogens is 2. The van der Waals surface area contributed by atoms with Crippen molar-refractivity contribution in [1.82, 2.24) is 19.9 Å². The number of urea groups is 1. The number of primary amides is 1. The summed E-state index contributed by atoms with van der Waals surface area (Å²) < 4.78 is 16.5. The molecule has 8 nitrogen and oxygen atoms in total. The van der Waals surface area contributed by atoms with E-state index >= 15 is 0 Å². The van der Waals surface area contributed by atoms with E-state index in [0.717, 1.165) is 63.4 Å². The summed E-state index contributed by atoms with van der Waals surface area (Å²) in [6.07, 6.45) is 2.19. The van der Waals surface area contributed by atoms with Gasteiger partial charge in [-0.2, -0.15) is 5.06 Å². The minimum absolute atomic E-state index is 0.206. The first-order chi connectivity index (χ1) is 19.4. The lowest BCUT2D eigenvalue weighted by Crippen LogP contribution is -2.36. The first kappa shape index (κ1) is 27.6. The zero-order valence-corrected chi connectivity index (χ0v) is 23.1. The van der Waals surface area contributed by atoms with E-state index in [9.17, 15) is 14.4 Å². The summed E-state index contributed by atoms with van der Waals surface area (Å²) in [4.78, 5) is 16.5. The van der Waals surface area contributed by atoms with Gasteiger partial charge in [0.1, 0.15) is 5.82 Å². The summed E-state index contributed by atoms with van der Waals surface area (Å²) in [6.45, 7) is 4.48. The minimum Gasteiger partial charge on any atom is -0.353 e. The van der Waals surface area contributed by atoms with E-state index in [1.807, 2.05) is 60.7 Å². The molecule has 0 radical (unpaired) electrons.